The van der Waals surface area contributed by atoms with E-state index in [2.05, 4.69) is 13.8 Å². The van der Waals surface area contributed by atoms with Crippen LogP contribution in [0.15, 0.2) is 12.1 Å². The van der Waals surface area contributed by atoms with Crippen molar-refractivity contribution in [2.75, 3.05) is 11.4 Å². The van der Waals surface area contributed by atoms with Gasteiger partial charge >= 0.3 is 0 Å². The number of nitrogens with zero attached hydrogens (tertiary/aromatic N) is 1. The van der Waals surface area contributed by atoms with Crippen molar-refractivity contribution in [1.82, 2.24) is 0 Å². The predicted molar refractivity (Wildman–Crippen MR) is 76.7 cm³/mol. The quantitative estimate of drug-likeness (QED) is 0.778. The SMILES string of the molecule is CCCC(C)CN1C(=O)C(=O)c2c(C)ccc(C)c21. The summed E-state index contributed by atoms with van der Waals surface area (Å²) >= 11 is 0. The van der Waals surface area contributed by atoms with Crippen LogP contribution in [0, 0.1) is 19.8 Å². The molecule has 3 nitrogen and oxygen atoms in total. The highest BCUT2D eigenvalue weighted by Gasteiger charge is 2.38. The molecule has 0 fully saturated rings. The number of Topliss-reactive ketones (excluding diaryl/α,β-unsaturated/α-hetero) is 1. The molecule has 0 spiro atoms. The number of fused-ring (bicyclic) bond motifs is 1. The maximum Gasteiger partial charge on any atom is 0.299 e. The summed E-state index contributed by atoms with van der Waals surface area (Å²) in [6.45, 7) is 8.75. The van der Waals surface area contributed by atoms with E-state index in [9.17, 15) is 9.59 Å². The van der Waals surface area contributed by atoms with Crippen LogP contribution < -0.4 is 4.90 Å². The third kappa shape index (κ3) is 2.29. The summed E-state index contributed by atoms with van der Waals surface area (Å²) in [6.07, 6.45) is 2.16. The van der Waals surface area contributed by atoms with E-state index in [1.165, 1.54) is 0 Å². The predicted octanol–water partition coefficient (Wildman–Crippen LogP) is 3.27. The maximum absolute atomic E-state index is 12.2. The third-order valence-electron chi connectivity index (χ3n) is 3.80. The fourth-order valence-corrected chi connectivity index (χ4v) is 2.83. The van der Waals surface area contributed by atoms with Gasteiger partial charge in [0.1, 0.15) is 0 Å². The summed E-state index contributed by atoms with van der Waals surface area (Å²) in [7, 11) is 0. The van der Waals surface area contributed by atoms with E-state index in [0.29, 0.717) is 18.0 Å². The Labute approximate surface area is 114 Å². The smallest absolute Gasteiger partial charge is 0.299 e. The number of amides is 1. The van der Waals surface area contributed by atoms with Gasteiger partial charge in [0.25, 0.3) is 11.7 Å². The fourth-order valence-electron chi connectivity index (χ4n) is 2.83. The number of carbonyl (C=O) groups excluding carboxylic acids is 2. The standard InChI is InChI=1S/C16H21NO2/c1-5-6-10(2)9-17-14-12(4)8-7-11(3)13(14)15(18)16(17)19/h7-8,10H,5-6,9H2,1-4H3. The second-order valence-corrected chi connectivity index (χ2v) is 5.56. The van der Waals surface area contributed by atoms with Crippen LogP contribution in [0.25, 0.3) is 0 Å². The van der Waals surface area contributed by atoms with Crippen LogP contribution in [0.5, 0.6) is 0 Å². The molecule has 3 heteroatoms. The summed E-state index contributed by atoms with van der Waals surface area (Å²) in [4.78, 5) is 26.0. The summed E-state index contributed by atoms with van der Waals surface area (Å²) < 4.78 is 0. The molecule has 0 bridgehead atoms. The number of anilines is 1. The minimum Gasteiger partial charge on any atom is -0.304 e. The van der Waals surface area contributed by atoms with Crippen molar-refractivity contribution in [3.05, 3.63) is 28.8 Å². The van der Waals surface area contributed by atoms with Crippen molar-refractivity contribution in [3.8, 4) is 0 Å². The first-order chi connectivity index (χ1) is 8.97. The molecular formula is C16H21NO2. The lowest BCUT2D eigenvalue weighted by molar-refractivity contribution is -0.114. The number of hydrogen-bond donors (Lipinski definition) is 0. The van der Waals surface area contributed by atoms with E-state index < -0.39 is 0 Å². The first-order valence-electron chi connectivity index (χ1n) is 6.93. The molecule has 1 aliphatic rings. The lowest BCUT2D eigenvalue weighted by Crippen LogP contribution is -2.34. The van der Waals surface area contributed by atoms with Crippen LogP contribution in [0.4, 0.5) is 5.69 Å². The van der Waals surface area contributed by atoms with Crippen LogP contribution in [-0.4, -0.2) is 18.2 Å². The van der Waals surface area contributed by atoms with Gasteiger partial charge in [0.2, 0.25) is 0 Å². The lowest BCUT2D eigenvalue weighted by atomic mass is 10.0. The van der Waals surface area contributed by atoms with Gasteiger partial charge in [0, 0.05) is 6.54 Å². The molecule has 1 unspecified atom stereocenters. The zero-order chi connectivity index (χ0) is 14.2. The van der Waals surface area contributed by atoms with Gasteiger partial charge in [0.05, 0.1) is 11.3 Å². The largest absolute Gasteiger partial charge is 0.304 e. The monoisotopic (exact) mass is 259 g/mol. The minimum atomic E-state index is -0.365. The number of carbonyl (C=O) groups is 2. The van der Waals surface area contributed by atoms with Crippen LogP contribution in [0.2, 0.25) is 0 Å². The van der Waals surface area contributed by atoms with Crippen molar-refractivity contribution < 1.29 is 9.59 Å². The molecule has 1 atom stereocenters. The Morgan fingerprint density at radius 3 is 2.42 bits per heavy atom. The summed E-state index contributed by atoms with van der Waals surface area (Å²) in [6, 6.07) is 3.90. The molecule has 0 saturated heterocycles. The van der Waals surface area contributed by atoms with E-state index in [-0.39, 0.29) is 11.7 Å². The zero-order valence-corrected chi connectivity index (χ0v) is 12.1. The first kappa shape index (κ1) is 13.8. The van der Waals surface area contributed by atoms with E-state index in [4.69, 9.17) is 0 Å². The summed E-state index contributed by atoms with van der Waals surface area (Å²) in [5.74, 6) is -0.303. The molecule has 0 N–H and O–H groups in total. The summed E-state index contributed by atoms with van der Waals surface area (Å²) in [5, 5.41) is 0. The zero-order valence-electron chi connectivity index (χ0n) is 12.1. The molecule has 1 aliphatic heterocycles. The molecule has 1 aromatic carbocycles. The van der Waals surface area contributed by atoms with Crippen molar-refractivity contribution in [2.45, 2.75) is 40.5 Å². The van der Waals surface area contributed by atoms with Crippen LogP contribution >= 0.6 is 0 Å². The molecule has 1 heterocycles. The van der Waals surface area contributed by atoms with E-state index >= 15 is 0 Å². The highest BCUT2D eigenvalue weighted by atomic mass is 16.2. The van der Waals surface area contributed by atoms with Gasteiger partial charge in [-0.25, -0.2) is 0 Å². The fraction of sp³-hybridized carbons (Fsp3) is 0.500. The van der Waals surface area contributed by atoms with Gasteiger partial charge in [-0.1, -0.05) is 32.4 Å². The van der Waals surface area contributed by atoms with Crippen LogP contribution in [0.1, 0.15) is 48.2 Å². The van der Waals surface area contributed by atoms with Gasteiger partial charge in [-0.3, -0.25) is 9.59 Å². The topological polar surface area (TPSA) is 37.4 Å². The van der Waals surface area contributed by atoms with Crippen molar-refractivity contribution in [2.24, 2.45) is 5.92 Å². The minimum absolute atomic E-state index is 0.347. The molecule has 0 saturated carbocycles. The normalized spacial score (nSPS) is 15.9. The van der Waals surface area contributed by atoms with Gasteiger partial charge in [0.15, 0.2) is 0 Å². The van der Waals surface area contributed by atoms with Crippen molar-refractivity contribution in [1.29, 1.82) is 0 Å². The highest BCUT2D eigenvalue weighted by molar-refractivity contribution is 6.52. The van der Waals surface area contributed by atoms with Crippen molar-refractivity contribution >= 4 is 17.4 Å². The summed E-state index contributed by atoms with van der Waals surface area (Å²) in [5.41, 5.74) is 3.33. The molecule has 102 valence electrons. The molecule has 19 heavy (non-hydrogen) atoms. The molecule has 1 aromatic rings. The van der Waals surface area contributed by atoms with Gasteiger partial charge in [-0.2, -0.15) is 0 Å². The molecule has 2 rings (SSSR count). The number of aryl methyl sites for hydroxylation is 2. The van der Waals surface area contributed by atoms with E-state index in [0.717, 1.165) is 29.7 Å². The van der Waals surface area contributed by atoms with Gasteiger partial charge < -0.3 is 4.90 Å². The van der Waals surface area contributed by atoms with Gasteiger partial charge in [-0.05, 0) is 37.3 Å². The second-order valence-electron chi connectivity index (χ2n) is 5.56. The Kier molecular flexibility index (Phi) is 3.74. The Hall–Kier alpha value is -1.64. The van der Waals surface area contributed by atoms with E-state index in [1.807, 2.05) is 26.0 Å². The van der Waals surface area contributed by atoms with Crippen molar-refractivity contribution in [3.63, 3.8) is 0 Å². The third-order valence-corrected chi connectivity index (χ3v) is 3.80. The maximum atomic E-state index is 12.2. The van der Waals surface area contributed by atoms with Gasteiger partial charge in [-0.15, -0.1) is 0 Å². The molecule has 1 amide bonds. The number of ketones is 1. The number of benzene rings is 1. The molecule has 0 aromatic heterocycles. The molecular weight excluding hydrogens is 238 g/mol. The number of hydrogen-bond acceptors (Lipinski definition) is 2. The number of rotatable bonds is 4. The lowest BCUT2D eigenvalue weighted by Gasteiger charge is -2.22. The Morgan fingerprint density at radius 2 is 1.79 bits per heavy atom. The second kappa shape index (κ2) is 5.16. The molecule has 0 radical (unpaired) electrons. The Bertz CT molecular complexity index is 534. The average Bonchev–Trinajstić information content (AvgIpc) is 2.60. The Morgan fingerprint density at radius 1 is 1.16 bits per heavy atom. The van der Waals surface area contributed by atoms with Crippen LogP contribution in [-0.2, 0) is 4.79 Å². The highest BCUT2D eigenvalue weighted by Crippen LogP contribution is 2.35. The molecule has 0 aliphatic carbocycles. The average molecular weight is 259 g/mol. The first-order valence-corrected chi connectivity index (χ1v) is 6.93. The van der Waals surface area contributed by atoms with E-state index in [1.54, 1.807) is 4.90 Å². The van der Waals surface area contributed by atoms with Crippen LogP contribution in [0.3, 0.4) is 0 Å². The Balaban J connectivity index is 2.41.